The number of amides is 1. The average Bonchev–Trinajstić information content (AvgIpc) is 2.72. The number of rotatable bonds is 3. The Hall–Kier alpha value is -1.45. The Labute approximate surface area is 76.7 Å². The second-order valence-corrected chi connectivity index (χ2v) is 3.02. The maximum atomic E-state index is 11.0. The fourth-order valence-corrected chi connectivity index (χ4v) is 1.38. The number of cyclic esters (lactones) is 1. The van der Waals surface area contributed by atoms with E-state index < -0.39 is 0 Å². The number of carbonyl (C=O) groups is 1. The van der Waals surface area contributed by atoms with Crippen molar-refractivity contribution in [1.82, 2.24) is 9.47 Å². The Morgan fingerprint density at radius 3 is 2.69 bits per heavy atom. The van der Waals surface area contributed by atoms with E-state index in [0.717, 1.165) is 19.6 Å². The molecule has 0 aromatic carbocycles. The molecular weight excluding hydrogens is 168 g/mol. The highest BCUT2D eigenvalue weighted by Gasteiger charge is 2.20. The predicted molar refractivity (Wildman–Crippen MR) is 47.4 cm³/mol. The van der Waals surface area contributed by atoms with Crippen LogP contribution in [-0.2, 0) is 11.3 Å². The molecule has 1 aliphatic heterocycles. The molecule has 1 fully saturated rings. The first-order valence-electron chi connectivity index (χ1n) is 4.39. The van der Waals surface area contributed by atoms with Gasteiger partial charge in [-0.2, -0.15) is 0 Å². The highest BCUT2D eigenvalue weighted by Crippen LogP contribution is 2.03. The molecule has 0 N–H and O–H groups in total. The van der Waals surface area contributed by atoms with Crippen LogP contribution in [0.15, 0.2) is 24.5 Å². The molecule has 0 saturated carbocycles. The molecule has 2 rings (SSSR count). The minimum Gasteiger partial charge on any atom is -0.448 e. The summed E-state index contributed by atoms with van der Waals surface area (Å²) in [7, 11) is 0. The first-order chi connectivity index (χ1) is 6.36. The van der Waals surface area contributed by atoms with E-state index in [-0.39, 0.29) is 6.09 Å². The van der Waals surface area contributed by atoms with Crippen LogP contribution in [0.5, 0.6) is 0 Å². The molecule has 1 saturated heterocycles. The van der Waals surface area contributed by atoms with Crippen molar-refractivity contribution >= 4 is 6.09 Å². The lowest BCUT2D eigenvalue weighted by Crippen LogP contribution is -2.27. The number of carbonyl (C=O) groups excluding carboxylic acids is 1. The van der Waals surface area contributed by atoms with Gasteiger partial charge in [0.2, 0.25) is 0 Å². The summed E-state index contributed by atoms with van der Waals surface area (Å²) in [6.07, 6.45) is 3.79. The zero-order chi connectivity index (χ0) is 9.10. The van der Waals surface area contributed by atoms with Crippen LogP contribution in [0.3, 0.4) is 0 Å². The lowest BCUT2D eigenvalue weighted by Gasteiger charge is -2.12. The van der Waals surface area contributed by atoms with Crippen molar-refractivity contribution in [2.45, 2.75) is 6.54 Å². The summed E-state index contributed by atoms with van der Waals surface area (Å²) in [6, 6.07) is 3.95. The van der Waals surface area contributed by atoms with E-state index in [4.69, 9.17) is 4.74 Å². The normalized spacial score (nSPS) is 16.3. The summed E-state index contributed by atoms with van der Waals surface area (Å²) in [5, 5.41) is 0. The van der Waals surface area contributed by atoms with Gasteiger partial charge in [0.15, 0.2) is 0 Å². The van der Waals surface area contributed by atoms with Gasteiger partial charge in [-0.15, -0.1) is 0 Å². The van der Waals surface area contributed by atoms with E-state index in [0.29, 0.717) is 6.61 Å². The van der Waals surface area contributed by atoms with Crippen molar-refractivity contribution in [3.05, 3.63) is 24.5 Å². The van der Waals surface area contributed by atoms with Crippen LogP contribution >= 0.6 is 0 Å². The molecule has 1 aromatic rings. The van der Waals surface area contributed by atoms with Crippen LogP contribution in [0.4, 0.5) is 4.79 Å². The Morgan fingerprint density at radius 2 is 2.08 bits per heavy atom. The molecule has 2 heterocycles. The Balaban J connectivity index is 1.82. The van der Waals surface area contributed by atoms with Gasteiger partial charge in [0.25, 0.3) is 0 Å². The third kappa shape index (κ3) is 1.83. The maximum Gasteiger partial charge on any atom is 0.410 e. The van der Waals surface area contributed by atoms with Gasteiger partial charge in [-0.25, -0.2) is 4.79 Å². The van der Waals surface area contributed by atoms with Gasteiger partial charge < -0.3 is 14.2 Å². The molecule has 0 aliphatic carbocycles. The SMILES string of the molecule is O=C1OCCN1CCn1cccc1. The van der Waals surface area contributed by atoms with Crippen molar-refractivity contribution in [2.75, 3.05) is 19.7 Å². The zero-order valence-corrected chi connectivity index (χ0v) is 7.35. The lowest BCUT2D eigenvalue weighted by molar-refractivity contribution is 0.157. The highest BCUT2D eigenvalue weighted by atomic mass is 16.6. The van der Waals surface area contributed by atoms with Gasteiger partial charge in [-0.1, -0.05) is 0 Å². The van der Waals surface area contributed by atoms with Gasteiger partial charge >= 0.3 is 6.09 Å². The standard InChI is InChI=1S/C9H12N2O2/c12-9-11(7-8-13-9)6-5-10-3-1-2-4-10/h1-4H,5-8H2. The van der Waals surface area contributed by atoms with Gasteiger partial charge in [0.05, 0.1) is 6.54 Å². The molecule has 1 amide bonds. The predicted octanol–water partition coefficient (Wildman–Crippen LogP) is 0.940. The van der Waals surface area contributed by atoms with Gasteiger partial charge in [0, 0.05) is 25.5 Å². The molecule has 13 heavy (non-hydrogen) atoms. The molecule has 0 spiro atoms. The minimum atomic E-state index is -0.188. The molecule has 0 atom stereocenters. The fourth-order valence-electron chi connectivity index (χ4n) is 1.38. The Kier molecular flexibility index (Phi) is 2.21. The Morgan fingerprint density at radius 1 is 1.31 bits per heavy atom. The van der Waals surface area contributed by atoms with Crippen molar-refractivity contribution in [2.24, 2.45) is 0 Å². The van der Waals surface area contributed by atoms with Crippen molar-refractivity contribution < 1.29 is 9.53 Å². The number of aromatic nitrogens is 1. The fraction of sp³-hybridized carbons (Fsp3) is 0.444. The van der Waals surface area contributed by atoms with Crippen LogP contribution < -0.4 is 0 Å². The first kappa shape index (κ1) is 8.16. The van der Waals surface area contributed by atoms with E-state index in [9.17, 15) is 4.79 Å². The van der Waals surface area contributed by atoms with Gasteiger partial charge in [0.1, 0.15) is 6.61 Å². The molecule has 0 unspecified atom stereocenters. The van der Waals surface area contributed by atoms with Crippen molar-refractivity contribution in [1.29, 1.82) is 0 Å². The van der Waals surface area contributed by atoms with Gasteiger partial charge in [-0.05, 0) is 12.1 Å². The summed E-state index contributed by atoms with van der Waals surface area (Å²) in [4.78, 5) is 12.8. The molecule has 1 aliphatic rings. The number of nitrogens with zero attached hydrogens (tertiary/aromatic N) is 2. The number of ether oxygens (including phenoxy) is 1. The van der Waals surface area contributed by atoms with Crippen molar-refractivity contribution in [3.8, 4) is 0 Å². The van der Waals surface area contributed by atoms with E-state index in [1.54, 1.807) is 4.90 Å². The van der Waals surface area contributed by atoms with E-state index >= 15 is 0 Å². The minimum absolute atomic E-state index is 0.188. The quantitative estimate of drug-likeness (QED) is 0.693. The van der Waals surface area contributed by atoms with E-state index in [1.165, 1.54) is 0 Å². The van der Waals surface area contributed by atoms with Crippen LogP contribution in [0.25, 0.3) is 0 Å². The van der Waals surface area contributed by atoms with Crippen molar-refractivity contribution in [3.63, 3.8) is 0 Å². The summed E-state index contributed by atoms with van der Waals surface area (Å²) >= 11 is 0. The largest absolute Gasteiger partial charge is 0.448 e. The number of hydrogen-bond donors (Lipinski definition) is 0. The second-order valence-electron chi connectivity index (χ2n) is 3.02. The summed E-state index contributed by atoms with van der Waals surface area (Å²) in [5.41, 5.74) is 0. The first-order valence-corrected chi connectivity index (χ1v) is 4.39. The average molecular weight is 180 g/mol. The molecule has 0 radical (unpaired) electrons. The summed E-state index contributed by atoms with van der Waals surface area (Å²) in [6.45, 7) is 2.82. The molecular formula is C9H12N2O2. The molecule has 1 aromatic heterocycles. The maximum absolute atomic E-state index is 11.0. The van der Waals surface area contributed by atoms with Gasteiger partial charge in [-0.3, -0.25) is 0 Å². The third-order valence-corrected chi connectivity index (χ3v) is 2.14. The zero-order valence-electron chi connectivity index (χ0n) is 7.35. The van der Waals surface area contributed by atoms with Crippen LogP contribution in [0, 0.1) is 0 Å². The third-order valence-electron chi connectivity index (χ3n) is 2.14. The number of hydrogen-bond acceptors (Lipinski definition) is 2. The summed E-state index contributed by atoms with van der Waals surface area (Å²) in [5.74, 6) is 0. The molecule has 4 heteroatoms. The highest BCUT2D eigenvalue weighted by molar-refractivity contribution is 5.69. The van der Waals surface area contributed by atoms with Crippen LogP contribution in [0.1, 0.15) is 0 Å². The van der Waals surface area contributed by atoms with Crippen LogP contribution in [0.2, 0.25) is 0 Å². The van der Waals surface area contributed by atoms with Crippen LogP contribution in [-0.4, -0.2) is 35.3 Å². The Bertz CT molecular complexity index is 282. The molecule has 4 nitrogen and oxygen atoms in total. The summed E-state index contributed by atoms with van der Waals surface area (Å²) < 4.78 is 6.86. The molecule has 70 valence electrons. The smallest absolute Gasteiger partial charge is 0.410 e. The monoisotopic (exact) mass is 180 g/mol. The topological polar surface area (TPSA) is 34.5 Å². The second kappa shape index (κ2) is 3.51. The molecule has 0 bridgehead atoms. The van der Waals surface area contributed by atoms with E-state index in [2.05, 4.69) is 0 Å². The van der Waals surface area contributed by atoms with E-state index in [1.807, 2.05) is 29.1 Å². The lowest BCUT2D eigenvalue weighted by atomic mass is 10.5.